The van der Waals surface area contributed by atoms with Crippen LogP contribution in [0.3, 0.4) is 0 Å². The predicted molar refractivity (Wildman–Crippen MR) is 80.8 cm³/mol. The Labute approximate surface area is 129 Å². The maximum atomic E-state index is 13.0. The Morgan fingerprint density at radius 2 is 1.78 bits per heavy atom. The van der Waals surface area contributed by atoms with Gasteiger partial charge >= 0.3 is 6.18 Å². The van der Waals surface area contributed by atoms with Crippen LogP contribution in [0.5, 0.6) is 5.75 Å². The minimum Gasteiger partial charge on any atom is -0.497 e. The molecule has 0 spiro atoms. The Bertz CT molecular complexity index is 849. The molecule has 0 amide bonds. The molecule has 0 aliphatic heterocycles. The van der Waals surface area contributed by atoms with E-state index in [0.29, 0.717) is 16.8 Å². The van der Waals surface area contributed by atoms with Crippen molar-refractivity contribution in [2.24, 2.45) is 0 Å². The summed E-state index contributed by atoms with van der Waals surface area (Å²) in [6.07, 6.45) is -4.62. The van der Waals surface area contributed by atoms with Gasteiger partial charge in [0.2, 0.25) is 5.82 Å². The summed E-state index contributed by atoms with van der Waals surface area (Å²) in [7, 11) is 1.51. The van der Waals surface area contributed by atoms with Gasteiger partial charge in [0, 0.05) is 17.1 Å². The first kappa shape index (κ1) is 15.1. The number of rotatable bonds is 3. The molecule has 0 saturated carbocycles. The fourth-order valence-electron chi connectivity index (χ4n) is 2.14. The fraction of sp³-hybridized carbons (Fsp3) is 0.125. The number of ether oxygens (including phenoxy) is 1. The van der Waals surface area contributed by atoms with Crippen LogP contribution in [0.25, 0.3) is 10.9 Å². The summed E-state index contributed by atoms with van der Waals surface area (Å²) in [4.78, 5) is 7.22. The lowest BCUT2D eigenvalue weighted by Gasteiger charge is -2.12. The van der Waals surface area contributed by atoms with Gasteiger partial charge < -0.3 is 10.1 Å². The van der Waals surface area contributed by atoms with Gasteiger partial charge in [0.1, 0.15) is 11.6 Å². The molecule has 2 aromatic carbocycles. The molecular weight excluding hydrogens is 307 g/mol. The van der Waals surface area contributed by atoms with Gasteiger partial charge in [-0.15, -0.1) is 0 Å². The molecule has 4 nitrogen and oxygen atoms in total. The van der Waals surface area contributed by atoms with Gasteiger partial charge in [-0.1, -0.05) is 18.2 Å². The fourth-order valence-corrected chi connectivity index (χ4v) is 2.14. The molecule has 0 aliphatic carbocycles. The molecule has 3 aromatic rings. The normalized spacial score (nSPS) is 11.5. The van der Waals surface area contributed by atoms with Crippen LogP contribution in [0.4, 0.5) is 24.7 Å². The molecule has 0 radical (unpaired) electrons. The van der Waals surface area contributed by atoms with Crippen LogP contribution in [0, 0.1) is 0 Å². The van der Waals surface area contributed by atoms with Crippen molar-refractivity contribution in [3.63, 3.8) is 0 Å². The topological polar surface area (TPSA) is 47.0 Å². The Kier molecular flexibility index (Phi) is 3.77. The number of anilines is 2. The summed E-state index contributed by atoms with van der Waals surface area (Å²) in [5.41, 5.74) is 0.793. The highest BCUT2D eigenvalue weighted by molar-refractivity contribution is 5.90. The van der Waals surface area contributed by atoms with E-state index in [4.69, 9.17) is 4.74 Å². The number of halogens is 3. The standard InChI is InChI=1S/C16H12F3N3O/c1-23-11-6-4-5-10(9-11)20-14-12-7-2-3-8-13(12)21-15(22-14)16(17,18)19/h2-9H,1H3,(H,20,21,22). The maximum Gasteiger partial charge on any atom is 0.451 e. The first-order valence-corrected chi connectivity index (χ1v) is 6.72. The summed E-state index contributed by atoms with van der Waals surface area (Å²) >= 11 is 0. The van der Waals surface area contributed by atoms with Gasteiger partial charge in [-0.3, -0.25) is 0 Å². The molecule has 1 heterocycles. The molecule has 0 bridgehead atoms. The molecule has 0 aliphatic rings. The van der Waals surface area contributed by atoms with E-state index in [0.717, 1.165) is 0 Å². The molecule has 1 aromatic heterocycles. The molecule has 0 fully saturated rings. The monoisotopic (exact) mass is 319 g/mol. The van der Waals surface area contributed by atoms with Crippen LogP contribution in [-0.2, 0) is 6.18 Å². The number of nitrogens with zero attached hydrogens (tertiary/aromatic N) is 2. The van der Waals surface area contributed by atoms with Crippen molar-refractivity contribution in [3.05, 3.63) is 54.4 Å². The molecule has 0 unspecified atom stereocenters. The van der Waals surface area contributed by atoms with Crippen LogP contribution < -0.4 is 10.1 Å². The van der Waals surface area contributed by atoms with Crippen molar-refractivity contribution in [2.45, 2.75) is 6.18 Å². The Balaban J connectivity index is 2.11. The lowest BCUT2D eigenvalue weighted by Crippen LogP contribution is -2.12. The van der Waals surface area contributed by atoms with Crippen LogP contribution in [-0.4, -0.2) is 17.1 Å². The minimum absolute atomic E-state index is 0.0937. The zero-order valence-electron chi connectivity index (χ0n) is 12.1. The van der Waals surface area contributed by atoms with E-state index in [1.54, 1.807) is 42.5 Å². The second kappa shape index (κ2) is 5.75. The summed E-state index contributed by atoms with van der Waals surface area (Å²) in [5.74, 6) is -0.498. The largest absolute Gasteiger partial charge is 0.497 e. The summed E-state index contributed by atoms with van der Waals surface area (Å²) in [6.45, 7) is 0. The van der Waals surface area contributed by atoms with Gasteiger partial charge in [-0.25, -0.2) is 9.97 Å². The third kappa shape index (κ3) is 3.18. The molecule has 0 atom stereocenters. The van der Waals surface area contributed by atoms with Crippen molar-refractivity contribution >= 4 is 22.4 Å². The van der Waals surface area contributed by atoms with E-state index in [2.05, 4.69) is 15.3 Å². The lowest BCUT2D eigenvalue weighted by atomic mass is 10.2. The summed E-state index contributed by atoms with van der Waals surface area (Å²) in [5, 5.41) is 3.41. The van der Waals surface area contributed by atoms with E-state index in [1.165, 1.54) is 13.2 Å². The van der Waals surface area contributed by atoms with E-state index < -0.39 is 12.0 Å². The van der Waals surface area contributed by atoms with Gasteiger partial charge in [0.25, 0.3) is 0 Å². The minimum atomic E-state index is -4.62. The number of para-hydroxylation sites is 1. The number of benzene rings is 2. The molecule has 3 rings (SSSR count). The highest BCUT2D eigenvalue weighted by Gasteiger charge is 2.35. The first-order chi connectivity index (χ1) is 11.0. The molecule has 23 heavy (non-hydrogen) atoms. The van der Waals surface area contributed by atoms with Crippen molar-refractivity contribution in [1.82, 2.24) is 9.97 Å². The zero-order valence-corrected chi connectivity index (χ0v) is 12.1. The average molecular weight is 319 g/mol. The van der Waals surface area contributed by atoms with Gasteiger partial charge in [0.05, 0.1) is 12.6 Å². The molecular formula is C16H12F3N3O. The number of fused-ring (bicyclic) bond motifs is 1. The summed E-state index contributed by atoms with van der Waals surface area (Å²) < 4.78 is 44.0. The molecule has 118 valence electrons. The second-order valence-electron chi connectivity index (χ2n) is 4.77. The number of methoxy groups -OCH3 is 1. The van der Waals surface area contributed by atoms with E-state index in [-0.39, 0.29) is 11.3 Å². The third-order valence-electron chi connectivity index (χ3n) is 3.19. The maximum absolute atomic E-state index is 13.0. The molecule has 7 heteroatoms. The Hall–Kier alpha value is -2.83. The highest BCUT2D eigenvalue weighted by Crippen LogP contribution is 2.31. The lowest BCUT2D eigenvalue weighted by molar-refractivity contribution is -0.144. The van der Waals surface area contributed by atoms with E-state index >= 15 is 0 Å². The van der Waals surface area contributed by atoms with E-state index in [9.17, 15) is 13.2 Å². The highest BCUT2D eigenvalue weighted by atomic mass is 19.4. The van der Waals surface area contributed by atoms with Crippen LogP contribution in [0.1, 0.15) is 5.82 Å². The number of hydrogen-bond acceptors (Lipinski definition) is 4. The van der Waals surface area contributed by atoms with Crippen molar-refractivity contribution in [2.75, 3.05) is 12.4 Å². The van der Waals surface area contributed by atoms with Crippen LogP contribution in [0.15, 0.2) is 48.5 Å². The van der Waals surface area contributed by atoms with Crippen molar-refractivity contribution in [1.29, 1.82) is 0 Å². The second-order valence-corrected chi connectivity index (χ2v) is 4.77. The van der Waals surface area contributed by atoms with Crippen molar-refractivity contribution in [3.8, 4) is 5.75 Å². The number of aromatic nitrogens is 2. The third-order valence-corrected chi connectivity index (χ3v) is 3.19. The smallest absolute Gasteiger partial charge is 0.451 e. The quantitative estimate of drug-likeness (QED) is 0.777. The zero-order chi connectivity index (χ0) is 16.4. The van der Waals surface area contributed by atoms with Gasteiger partial charge in [-0.05, 0) is 24.3 Å². The first-order valence-electron chi connectivity index (χ1n) is 6.72. The van der Waals surface area contributed by atoms with E-state index in [1.807, 2.05) is 0 Å². The summed E-state index contributed by atoms with van der Waals surface area (Å²) in [6, 6.07) is 13.4. The Morgan fingerprint density at radius 1 is 1.00 bits per heavy atom. The van der Waals surface area contributed by atoms with Crippen molar-refractivity contribution < 1.29 is 17.9 Å². The van der Waals surface area contributed by atoms with Gasteiger partial charge in [0.15, 0.2) is 0 Å². The average Bonchev–Trinajstić information content (AvgIpc) is 2.54. The molecule has 1 N–H and O–H groups in total. The predicted octanol–water partition coefficient (Wildman–Crippen LogP) is 4.40. The Morgan fingerprint density at radius 3 is 2.52 bits per heavy atom. The number of hydrogen-bond donors (Lipinski definition) is 1. The van der Waals surface area contributed by atoms with Crippen LogP contribution >= 0.6 is 0 Å². The van der Waals surface area contributed by atoms with Crippen LogP contribution in [0.2, 0.25) is 0 Å². The molecule has 0 saturated heterocycles. The number of alkyl halides is 3. The SMILES string of the molecule is COc1cccc(Nc2nc(C(F)(F)F)nc3ccccc23)c1. The number of nitrogens with one attached hydrogen (secondary N) is 1. The van der Waals surface area contributed by atoms with Gasteiger partial charge in [-0.2, -0.15) is 13.2 Å².